The average molecular weight is 363 g/mol. The first-order chi connectivity index (χ1) is 13.1. The van der Waals surface area contributed by atoms with E-state index in [4.69, 9.17) is 0 Å². The van der Waals surface area contributed by atoms with E-state index in [0.717, 1.165) is 43.6 Å². The number of fused-ring (bicyclic) bond motifs is 1. The van der Waals surface area contributed by atoms with Crippen LogP contribution in [-0.4, -0.2) is 44.5 Å². The van der Waals surface area contributed by atoms with E-state index in [9.17, 15) is 4.79 Å². The Hall–Kier alpha value is -2.73. The molecule has 4 rings (SSSR count). The van der Waals surface area contributed by atoms with E-state index in [1.165, 1.54) is 11.1 Å². The lowest BCUT2D eigenvalue weighted by Crippen LogP contribution is -2.44. The molecule has 0 atom stereocenters. The summed E-state index contributed by atoms with van der Waals surface area (Å²) < 4.78 is 1.85. The van der Waals surface area contributed by atoms with E-state index in [0.29, 0.717) is 5.56 Å². The third kappa shape index (κ3) is 3.85. The predicted octanol–water partition coefficient (Wildman–Crippen LogP) is 2.67. The molecule has 3 heterocycles. The quantitative estimate of drug-likeness (QED) is 0.774. The monoisotopic (exact) mass is 363 g/mol. The first kappa shape index (κ1) is 17.7. The van der Waals surface area contributed by atoms with Gasteiger partial charge in [-0.1, -0.05) is 24.3 Å². The zero-order valence-corrected chi connectivity index (χ0v) is 15.9. The second-order valence-electron chi connectivity index (χ2n) is 7.37. The molecular weight excluding hydrogens is 338 g/mol. The highest BCUT2D eigenvalue weighted by Gasteiger charge is 2.22. The van der Waals surface area contributed by atoms with E-state index < -0.39 is 0 Å². The molecule has 0 aliphatic carbocycles. The van der Waals surface area contributed by atoms with E-state index >= 15 is 0 Å². The molecule has 6 heteroatoms. The van der Waals surface area contributed by atoms with Gasteiger partial charge < -0.3 is 9.88 Å². The summed E-state index contributed by atoms with van der Waals surface area (Å²) in [5.41, 5.74) is 4.83. The van der Waals surface area contributed by atoms with Gasteiger partial charge in [0.15, 0.2) is 5.65 Å². The summed E-state index contributed by atoms with van der Waals surface area (Å²) in [4.78, 5) is 23.7. The van der Waals surface area contributed by atoms with Gasteiger partial charge in [0.25, 0.3) is 5.91 Å². The summed E-state index contributed by atoms with van der Waals surface area (Å²) >= 11 is 0. The highest BCUT2D eigenvalue weighted by Crippen LogP contribution is 2.17. The molecule has 27 heavy (non-hydrogen) atoms. The Bertz CT molecular complexity index is 956. The van der Waals surface area contributed by atoms with Crippen LogP contribution < -0.4 is 5.32 Å². The molecule has 1 amide bonds. The maximum absolute atomic E-state index is 12.6. The van der Waals surface area contributed by atoms with Gasteiger partial charge in [-0.15, -0.1) is 0 Å². The van der Waals surface area contributed by atoms with Gasteiger partial charge in [-0.2, -0.15) is 0 Å². The van der Waals surface area contributed by atoms with Crippen LogP contribution in [-0.2, 0) is 13.6 Å². The van der Waals surface area contributed by atoms with Gasteiger partial charge in [0.2, 0.25) is 0 Å². The molecule has 140 valence electrons. The number of likely N-dealkylation sites (tertiary alicyclic amines) is 1. The Morgan fingerprint density at radius 1 is 1.22 bits per heavy atom. The molecule has 1 saturated heterocycles. The van der Waals surface area contributed by atoms with Crippen LogP contribution in [0.2, 0.25) is 0 Å². The number of rotatable bonds is 4. The third-order valence-corrected chi connectivity index (χ3v) is 5.39. The normalized spacial score (nSPS) is 15.9. The highest BCUT2D eigenvalue weighted by molar-refractivity contribution is 5.96. The summed E-state index contributed by atoms with van der Waals surface area (Å²) in [7, 11) is 1.90. The number of nitrogens with zero attached hydrogens (tertiary/aromatic N) is 4. The lowest BCUT2D eigenvalue weighted by Gasteiger charge is -2.32. The number of hydrogen-bond acceptors (Lipinski definition) is 4. The second kappa shape index (κ2) is 7.48. The molecule has 2 aromatic heterocycles. The van der Waals surface area contributed by atoms with Crippen LogP contribution in [0.1, 0.15) is 34.3 Å². The number of carbonyl (C=O) groups excluding carboxylic acids is 1. The Kier molecular flexibility index (Phi) is 4.90. The minimum atomic E-state index is -0.0626. The van der Waals surface area contributed by atoms with Gasteiger partial charge in [-0.3, -0.25) is 9.69 Å². The Morgan fingerprint density at radius 2 is 2.00 bits per heavy atom. The summed E-state index contributed by atoms with van der Waals surface area (Å²) in [6.45, 7) is 5.13. The molecule has 1 aromatic carbocycles. The predicted molar refractivity (Wildman–Crippen MR) is 105 cm³/mol. The summed E-state index contributed by atoms with van der Waals surface area (Å²) in [5.74, 6) is -0.0626. The molecule has 0 spiro atoms. The minimum Gasteiger partial charge on any atom is -0.349 e. The number of hydrogen-bond donors (Lipinski definition) is 1. The molecule has 0 bridgehead atoms. The number of aryl methyl sites for hydroxylation is 2. The third-order valence-electron chi connectivity index (χ3n) is 5.39. The fraction of sp³-hybridized carbons (Fsp3) is 0.381. The van der Waals surface area contributed by atoms with Crippen LogP contribution >= 0.6 is 0 Å². The van der Waals surface area contributed by atoms with Crippen molar-refractivity contribution in [2.24, 2.45) is 7.05 Å². The van der Waals surface area contributed by atoms with Crippen LogP contribution in [0.4, 0.5) is 0 Å². The summed E-state index contributed by atoms with van der Waals surface area (Å²) in [6, 6.07) is 10.6. The largest absolute Gasteiger partial charge is 0.349 e. The number of nitrogens with one attached hydrogen (secondary N) is 1. The van der Waals surface area contributed by atoms with Gasteiger partial charge in [0.05, 0.1) is 11.9 Å². The number of benzene rings is 1. The molecule has 0 unspecified atom stereocenters. The minimum absolute atomic E-state index is 0.0626. The van der Waals surface area contributed by atoms with Crippen molar-refractivity contribution < 1.29 is 4.79 Å². The van der Waals surface area contributed by atoms with E-state index in [1.54, 1.807) is 12.5 Å². The Labute approximate surface area is 159 Å². The van der Waals surface area contributed by atoms with E-state index in [1.807, 2.05) is 17.7 Å². The summed E-state index contributed by atoms with van der Waals surface area (Å²) in [5, 5.41) is 3.16. The molecule has 0 radical (unpaired) electrons. The first-order valence-corrected chi connectivity index (χ1v) is 9.45. The van der Waals surface area contributed by atoms with Crippen molar-refractivity contribution in [1.29, 1.82) is 0 Å². The maximum Gasteiger partial charge on any atom is 0.253 e. The SMILES string of the molecule is Cc1ccccc1CN1CCC(NC(=O)c2cnc3c(c2)ncn3C)CC1. The first-order valence-electron chi connectivity index (χ1n) is 9.45. The highest BCUT2D eigenvalue weighted by atomic mass is 16.1. The van der Waals surface area contributed by atoms with Gasteiger partial charge in [-0.25, -0.2) is 9.97 Å². The van der Waals surface area contributed by atoms with Crippen LogP contribution in [0, 0.1) is 6.92 Å². The molecule has 1 fully saturated rings. The van der Waals surface area contributed by atoms with Crippen LogP contribution in [0.25, 0.3) is 11.2 Å². The number of pyridine rings is 1. The smallest absolute Gasteiger partial charge is 0.253 e. The number of carbonyl (C=O) groups is 1. The van der Waals surface area contributed by atoms with Crippen molar-refractivity contribution in [2.75, 3.05) is 13.1 Å². The van der Waals surface area contributed by atoms with Gasteiger partial charge in [-0.05, 0) is 37.0 Å². The standard InChI is InChI=1S/C21H25N5O/c1-15-5-3-4-6-16(15)13-26-9-7-18(8-10-26)24-21(27)17-11-19-20(22-12-17)25(2)14-23-19/h3-6,11-12,14,18H,7-10,13H2,1-2H3,(H,24,27). The second-order valence-corrected chi connectivity index (χ2v) is 7.37. The van der Waals surface area contributed by atoms with Crippen LogP contribution in [0.3, 0.4) is 0 Å². The number of aromatic nitrogens is 3. The molecule has 1 aliphatic rings. The summed E-state index contributed by atoms with van der Waals surface area (Å²) in [6.07, 6.45) is 5.28. The number of amides is 1. The van der Waals surface area contributed by atoms with Crippen molar-refractivity contribution in [3.05, 3.63) is 59.5 Å². The number of imidazole rings is 1. The lowest BCUT2D eigenvalue weighted by atomic mass is 10.0. The van der Waals surface area contributed by atoms with E-state index in [2.05, 4.69) is 51.4 Å². The van der Waals surface area contributed by atoms with Gasteiger partial charge >= 0.3 is 0 Å². The maximum atomic E-state index is 12.6. The van der Waals surface area contributed by atoms with Crippen molar-refractivity contribution >= 4 is 17.1 Å². The fourth-order valence-electron chi connectivity index (χ4n) is 3.67. The molecule has 1 aliphatic heterocycles. The topological polar surface area (TPSA) is 63.1 Å². The average Bonchev–Trinajstić information content (AvgIpc) is 3.05. The Morgan fingerprint density at radius 3 is 2.78 bits per heavy atom. The van der Waals surface area contributed by atoms with Crippen molar-refractivity contribution in [1.82, 2.24) is 24.8 Å². The fourth-order valence-corrected chi connectivity index (χ4v) is 3.67. The number of piperidine rings is 1. The van der Waals surface area contributed by atoms with Gasteiger partial charge in [0.1, 0.15) is 5.52 Å². The van der Waals surface area contributed by atoms with Gasteiger partial charge in [0, 0.05) is 38.9 Å². The molecule has 6 nitrogen and oxygen atoms in total. The zero-order valence-electron chi connectivity index (χ0n) is 15.9. The van der Waals surface area contributed by atoms with Crippen LogP contribution in [0.15, 0.2) is 42.9 Å². The van der Waals surface area contributed by atoms with Crippen LogP contribution in [0.5, 0.6) is 0 Å². The van der Waals surface area contributed by atoms with E-state index in [-0.39, 0.29) is 11.9 Å². The van der Waals surface area contributed by atoms with Crippen molar-refractivity contribution in [3.8, 4) is 0 Å². The molecule has 0 saturated carbocycles. The molecular formula is C21H25N5O. The van der Waals surface area contributed by atoms with Crippen molar-refractivity contribution in [3.63, 3.8) is 0 Å². The lowest BCUT2D eigenvalue weighted by molar-refractivity contribution is 0.0908. The van der Waals surface area contributed by atoms with Crippen molar-refractivity contribution in [2.45, 2.75) is 32.4 Å². The molecule has 3 aromatic rings. The zero-order chi connectivity index (χ0) is 18.8. The Balaban J connectivity index is 1.33. The molecule has 1 N–H and O–H groups in total.